The third-order valence-electron chi connectivity index (χ3n) is 3.52. The van der Waals surface area contributed by atoms with E-state index in [1.807, 2.05) is 43.3 Å². The molecule has 0 spiro atoms. The molecule has 3 nitrogen and oxygen atoms in total. The predicted molar refractivity (Wildman–Crippen MR) is 80.0 cm³/mol. The summed E-state index contributed by atoms with van der Waals surface area (Å²) in [6.45, 7) is 3.63. The van der Waals surface area contributed by atoms with E-state index >= 15 is 0 Å². The van der Waals surface area contributed by atoms with Crippen LogP contribution in [0.15, 0.2) is 48.5 Å². The van der Waals surface area contributed by atoms with Crippen LogP contribution in [-0.2, 0) is 5.54 Å². The van der Waals surface area contributed by atoms with Crippen molar-refractivity contribution in [2.45, 2.75) is 19.4 Å². The van der Waals surface area contributed by atoms with Crippen molar-refractivity contribution in [3.63, 3.8) is 0 Å². The number of hydrogen-bond acceptors (Lipinski definition) is 3. The Morgan fingerprint density at radius 1 is 1.15 bits per heavy atom. The highest BCUT2D eigenvalue weighted by Gasteiger charge is 2.32. The van der Waals surface area contributed by atoms with E-state index in [4.69, 9.17) is 10.5 Å². The number of carbonyl (C=O) groups excluding carboxylic acids is 1. The maximum atomic E-state index is 12.7. The van der Waals surface area contributed by atoms with Gasteiger partial charge in [-0.05, 0) is 43.2 Å². The van der Waals surface area contributed by atoms with Crippen molar-refractivity contribution in [2.24, 2.45) is 5.73 Å². The van der Waals surface area contributed by atoms with Gasteiger partial charge in [0.05, 0.1) is 7.11 Å². The number of nitrogens with two attached hydrogens (primary N) is 1. The molecule has 2 aromatic carbocycles. The van der Waals surface area contributed by atoms with Gasteiger partial charge in [0.1, 0.15) is 11.3 Å². The highest BCUT2D eigenvalue weighted by atomic mass is 16.5. The molecule has 104 valence electrons. The van der Waals surface area contributed by atoms with Crippen LogP contribution >= 0.6 is 0 Å². The standard InChI is InChI=1S/C17H19NO2/c1-12-11-14(20-3)9-10-15(12)16(19)17(2,18)13-7-5-4-6-8-13/h4-11H,18H2,1-3H3. The van der Waals surface area contributed by atoms with E-state index in [2.05, 4.69) is 0 Å². The van der Waals surface area contributed by atoms with Crippen LogP contribution in [0.5, 0.6) is 5.75 Å². The summed E-state index contributed by atoms with van der Waals surface area (Å²) in [7, 11) is 1.60. The summed E-state index contributed by atoms with van der Waals surface area (Å²) in [6.07, 6.45) is 0. The number of rotatable bonds is 4. The maximum absolute atomic E-state index is 12.7. The molecule has 0 saturated heterocycles. The van der Waals surface area contributed by atoms with E-state index in [0.717, 1.165) is 16.9 Å². The van der Waals surface area contributed by atoms with E-state index in [1.165, 1.54) is 0 Å². The molecule has 1 atom stereocenters. The number of hydrogen-bond donors (Lipinski definition) is 1. The third-order valence-corrected chi connectivity index (χ3v) is 3.52. The van der Waals surface area contributed by atoms with Gasteiger partial charge in [-0.15, -0.1) is 0 Å². The topological polar surface area (TPSA) is 52.3 Å². The molecule has 0 aliphatic carbocycles. The first-order chi connectivity index (χ1) is 9.46. The van der Waals surface area contributed by atoms with Crippen LogP contribution < -0.4 is 10.5 Å². The van der Waals surface area contributed by atoms with Crippen LogP contribution in [0.2, 0.25) is 0 Å². The fourth-order valence-electron chi connectivity index (χ4n) is 2.21. The summed E-state index contributed by atoms with van der Waals surface area (Å²) in [5.41, 5.74) is 7.52. The Morgan fingerprint density at radius 3 is 2.35 bits per heavy atom. The Morgan fingerprint density at radius 2 is 1.80 bits per heavy atom. The molecule has 0 aromatic heterocycles. The van der Waals surface area contributed by atoms with E-state index in [0.29, 0.717) is 5.56 Å². The van der Waals surface area contributed by atoms with Crippen molar-refractivity contribution < 1.29 is 9.53 Å². The second-order valence-corrected chi connectivity index (χ2v) is 5.08. The Kier molecular flexibility index (Phi) is 3.91. The number of Topliss-reactive ketones (excluding diaryl/α,β-unsaturated/α-hetero) is 1. The van der Waals surface area contributed by atoms with E-state index in [9.17, 15) is 4.79 Å². The first-order valence-corrected chi connectivity index (χ1v) is 6.50. The lowest BCUT2D eigenvalue weighted by atomic mass is 9.84. The van der Waals surface area contributed by atoms with Crippen LogP contribution in [0.25, 0.3) is 0 Å². The summed E-state index contributed by atoms with van der Waals surface area (Å²) in [6, 6.07) is 14.8. The number of ketones is 1. The number of benzene rings is 2. The largest absolute Gasteiger partial charge is 0.497 e. The highest BCUT2D eigenvalue weighted by molar-refractivity contribution is 6.04. The molecule has 0 saturated carbocycles. The molecule has 20 heavy (non-hydrogen) atoms. The van der Waals surface area contributed by atoms with Gasteiger partial charge >= 0.3 is 0 Å². The second kappa shape index (κ2) is 5.47. The van der Waals surface area contributed by atoms with Gasteiger partial charge in [0.15, 0.2) is 5.78 Å². The summed E-state index contributed by atoms with van der Waals surface area (Å²) in [4.78, 5) is 12.7. The Balaban J connectivity index is 2.41. The molecule has 0 aliphatic rings. The summed E-state index contributed by atoms with van der Waals surface area (Å²) in [5.74, 6) is 0.640. The van der Waals surface area contributed by atoms with Crippen molar-refractivity contribution in [3.8, 4) is 5.75 Å². The van der Waals surface area contributed by atoms with Crippen molar-refractivity contribution in [2.75, 3.05) is 7.11 Å². The SMILES string of the molecule is COc1ccc(C(=O)C(C)(N)c2ccccc2)c(C)c1. The Labute approximate surface area is 119 Å². The molecule has 0 aliphatic heterocycles. The fraction of sp³-hybridized carbons (Fsp3) is 0.235. The highest BCUT2D eigenvalue weighted by Crippen LogP contribution is 2.26. The average Bonchev–Trinajstić information content (AvgIpc) is 2.47. The number of ether oxygens (including phenoxy) is 1. The van der Waals surface area contributed by atoms with Crippen LogP contribution in [0.1, 0.15) is 28.4 Å². The van der Waals surface area contributed by atoms with E-state index in [-0.39, 0.29) is 5.78 Å². The van der Waals surface area contributed by atoms with Gasteiger partial charge in [0.25, 0.3) is 0 Å². The summed E-state index contributed by atoms with van der Waals surface area (Å²) < 4.78 is 5.16. The Bertz CT molecular complexity index is 618. The molecule has 3 heteroatoms. The summed E-state index contributed by atoms with van der Waals surface area (Å²) >= 11 is 0. The first kappa shape index (κ1) is 14.3. The second-order valence-electron chi connectivity index (χ2n) is 5.08. The lowest BCUT2D eigenvalue weighted by molar-refractivity contribution is 0.0899. The van der Waals surface area contributed by atoms with Gasteiger partial charge in [-0.2, -0.15) is 0 Å². The first-order valence-electron chi connectivity index (χ1n) is 6.50. The number of carbonyl (C=O) groups is 1. The number of methoxy groups -OCH3 is 1. The van der Waals surface area contributed by atoms with Gasteiger partial charge < -0.3 is 10.5 Å². The third kappa shape index (κ3) is 2.58. The predicted octanol–water partition coefficient (Wildman–Crippen LogP) is 3.06. The van der Waals surface area contributed by atoms with Crippen LogP contribution in [-0.4, -0.2) is 12.9 Å². The zero-order valence-electron chi connectivity index (χ0n) is 12.0. The molecular weight excluding hydrogens is 250 g/mol. The fourth-order valence-corrected chi connectivity index (χ4v) is 2.21. The van der Waals surface area contributed by atoms with Crippen molar-refractivity contribution in [1.29, 1.82) is 0 Å². The normalized spacial score (nSPS) is 13.6. The van der Waals surface area contributed by atoms with Crippen molar-refractivity contribution in [3.05, 3.63) is 65.2 Å². The van der Waals surface area contributed by atoms with E-state index < -0.39 is 5.54 Å². The van der Waals surface area contributed by atoms with Crippen LogP contribution in [0, 0.1) is 6.92 Å². The molecule has 0 bridgehead atoms. The monoisotopic (exact) mass is 269 g/mol. The zero-order chi connectivity index (χ0) is 14.8. The summed E-state index contributed by atoms with van der Waals surface area (Å²) in [5, 5.41) is 0. The van der Waals surface area contributed by atoms with Gasteiger partial charge in [0.2, 0.25) is 0 Å². The quantitative estimate of drug-likeness (QED) is 0.868. The van der Waals surface area contributed by atoms with Crippen molar-refractivity contribution >= 4 is 5.78 Å². The minimum Gasteiger partial charge on any atom is -0.497 e. The average molecular weight is 269 g/mol. The van der Waals surface area contributed by atoms with E-state index in [1.54, 1.807) is 26.2 Å². The molecule has 2 rings (SSSR count). The Hall–Kier alpha value is -2.13. The molecule has 1 unspecified atom stereocenters. The molecule has 0 fully saturated rings. The van der Waals surface area contributed by atoms with Gasteiger partial charge in [-0.25, -0.2) is 0 Å². The minimum atomic E-state index is -1.04. The van der Waals surface area contributed by atoms with Gasteiger partial charge in [0, 0.05) is 5.56 Å². The van der Waals surface area contributed by atoms with Crippen molar-refractivity contribution in [1.82, 2.24) is 0 Å². The molecule has 0 heterocycles. The lowest BCUT2D eigenvalue weighted by Gasteiger charge is -2.24. The molecular formula is C17H19NO2. The molecule has 0 amide bonds. The smallest absolute Gasteiger partial charge is 0.187 e. The number of aryl methyl sites for hydroxylation is 1. The van der Waals surface area contributed by atoms with Gasteiger partial charge in [-0.3, -0.25) is 4.79 Å². The van der Waals surface area contributed by atoms with Gasteiger partial charge in [-0.1, -0.05) is 30.3 Å². The van der Waals surface area contributed by atoms with Crippen LogP contribution in [0.3, 0.4) is 0 Å². The maximum Gasteiger partial charge on any atom is 0.187 e. The molecule has 2 aromatic rings. The zero-order valence-corrected chi connectivity index (χ0v) is 12.0. The van der Waals surface area contributed by atoms with Crippen LogP contribution in [0.4, 0.5) is 0 Å². The lowest BCUT2D eigenvalue weighted by Crippen LogP contribution is -2.42. The minimum absolute atomic E-state index is 0.0937. The molecule has 0 radical (unpaired) electrons. The molecule has 2 N–H and O–H groups in total.